The second kappa shape index (κ2) is 10.9. The van der Waals surface area contributed by atoms with Gasteiger partial charge in [0, 0.05) is 25.3 Å². The van der Waals surface area contributed by atoms with Crippen molar-refractivity contribution in [2.45, 2.75) is 25.1 Å². The number of pyridine rings is 1. The third kappa shape index (κ3) is 5.94. The normalized spacial score (nSPS) is 15.6. The smallest absolute Gasteiger partial charge is 0.475 e. The molecule has 0 amide bonds. The van der Waals surface area contributed by atoms with Gasteiger partial charge in [0.2, 0.25) is 0 Å². The van der Waals surface area contributed by atoms with E-state index in [1.54, 1.807) is 18.5 Å². The number of carboxylic acid groups (broad SMARTS) is 1. The summed E-state index contributed by atoms with van der Waals surface area (Å²) < 4.78 is 61.6. The Morgan fingerprint density at radius 1 is 1.11 bits per heavy atom. The maximum Gasteiger partial charge on any atom is 0.490 e. The van der Waals surface area contributed by atoms with Crippen molar-refractivity contribution < 1.29 is 31.9 Å². The molecule has 0 bridgehead atoms. The minimum Gasteiger partial charge on any atom is -0.475 e. The van der Waals surface area contributed by atoms with Crippen molar-refractivity contribution in [1.82, 2.24) is 24.8 Å². The largest absolute Gasteiger partial charge is 0.490 e. The van der Waals surface area contributed by atoms with Gasteiger partial charge in [-0.1, -0.05) is 6.07 Å². The van der Waals surface area contributed by atoms with E-state index in [0.717, 1.165) is 37.3 Å². The Kier molecular flexibility index (Phi) is 7.66. The molecule has 1 atom stereocenters. The van der Waals surface area contributed by atoms with Crippen LogP contribution in [0.3, 0.4) is 0 Å². The monoisotopic (exact) mass is 536 g/mol. The molecule has 0 spiro atoms. The van der Waals surface area contributed by atoms with E-state index in [9.17, 15) is 22.0 Å². The van der Waals surface area contributed by atoms with Gasteiger partial charge < -0.3 is 21.1 Å². The van der Waals surface area contributed by atoms with Crippen LogP contribution < -0.4 is 16.0 Å². The molecule has 1 fully saturated rings. The van der Waals surface area contributed by atoms with E-state index in [-0.39, 0.29) is 17.3 Å². The van der Waals surface area contributed by atoms with Gasteiger partial charge in [0.15, 0.2) is 5.65 Å². The van der Waals surface area contributed by atoms with Crippen molar-refractivity contribution in [2.24, 2.45) is 5.73 Å². The first-order chi connectivity index (χ1) is 18.0. The molecule has 4 N–H and O–H groups in total. The fourth-order valence-electron chi connectivity index (χ4n) is 3.85. The van der Waals surface area contributed by atoms with Crippen LogP contribution in [0.5, 0.6) is 0 Å². The highest BCUT2D eigenvalue weighted by molar-refractivity contribution is 5.74. The molecular formula is C23H21F5N8O2. The molecule has 0 unspecified atom stereocenters. The standard InChI is InChI=1S/C21H20F2N8.C2HF3O2/c22-14-4-1-5-15(23)20(14)16-6-7-19-27-28-21(31(19)29-16)26-17-11-25-9-8-18(17)30-10-2-3-13(24)12-30;3-2(4,5)1(6)7/h1,4-9,11,13H,2-3,10,12,24H2,(H,26,28);(H,6,7)/t13-;/m0./s1. The first-order valence-electron chi connectivity index (χ1n) is 11.2. The average Bonchev–Trinajstić information content (AvgIpc) is 3.26. The molecule has 38 heavy (non-hydrogen) atoms. The number of hydrogen-bond acceptors (Lipinski definition) is 8. The number of hydrogen-bond donors (Lipinski definition) is 3. The number of alkyl halides is 3. The number of nitrogens with two attached hydrogens (primary N) is 1. The average molecular weight is 536 g/mol. The van der Waals surface area contributed by atoms with Crippen molar-refractivity contribution in [3.63, 3.8) is 0 Å². The summed E-state index contributed by atoms with van der Waals surface area (Å²) in [5.74, 6) is -3.83. The molecule has 4 heterocycles. The van der Waals surface area contributed by atoms with Crippen LogP contribution in [0.15, 0.2) is 48.8 Å². The Morgan fingerprint density at radius 3 is 2.47 bits per heavy atom. The molecule has 10 nitrogen and oxygen atoms in total. The van der Waals surface area contributed by atoms with E-state index in [4.69, 9.17) is 15.6 Å². The van der Waals surface area contributed by atoms with E-state index >= 15 is 0 Å². The SMILES string of the molecule is N[C@H]1CCCN(c2ccncc2Nc2nnc3ccc(-c4c(F)cccc4F)nn23)C1.O=C(O)C(F)(F)F. The van der Waals surface area contributed by atoms with Crippen molar-refractivity contribution >= 4 is 28.9 Å². The lowest BCUT2D eigenvalue weighted by Gasteiger charge is -2.33. The Morgan fingerprint density at radius 2 is 1.82 bits per heavy atom. The molecule has 0 radical (unpaired) electrons. The molecular weight excluding hydrogens is 515 g/mol. The van der Waals surface area contributed by atoms with Gasteiger partial charge in [-0.05, 0) is 43.2 Å². The van der Waals surface area contributed by atoms with Crippen molar-refractivity contribution in [1.29, 1.82) is 0 Å². The highest BCUT2D eigenvalue weighted by Crippen LogP contribution is 2.30. The number of anilines is 3. The number of nitrogens with one attached hydrogen (secondary N) is 1. The summed E-state index contributed by atoms with van der Waals surface area (Å²) in [5, 5.41) is 23.0. The Labute approximate surface area is 211 Å². The molecule has 4 aromatic rings. The van der Waals surface area contributed by atoms with E-state index in [0.29, 0.717) is 11.6 Å². The molecule has 15 heteroatoms. The summed E-state index contributed by atoms with van der Waals surface area (Å²) >= 11 is 0. The first-order valence-corrected chi connectivity index (χ1v) is 11.2. The number of nitrogens with zero attached hydrogens (tertiary/aromatic N) is 6. The number of aromatic nitrogens is 5. The summed E-state index contributed by atoms with van der Waals surface area (Å²) in [6, 6.07) is 8.86. The van der Waals surface area contributed by atoms with Crippen molar-refractivity contribution in [3.8, 4) is 11.3 Å². The molecule has 0 saturated carbocycles. The number of aliphatic carboxylic acids is 1. The van der Waals surface area contributed by atoms with Crippen LogP contribution >= 0.6 is 0 Å². The predicted octanol–water partition coefficient (Wildman–Crippen LogP) is 3.77. The van der Waals surface area contributed by atoms with Gasteiger partial charge in [-0.3, -0.25) is 4.98 Å². The molecule has 5 rings (SSSR count). The topological polar surface area (TPSA) is 135 Å². The summed E-state index contributed by atoms with van der Waals surface area (Å²) in [6.45, 7) is 1.64. The zero-order chi connectivity index (χ0) is 27.4. The zero-order valence-electron chi connectivity index (χ0n) is 19.5. The highest BCUT2D eigenvalue weighted by Gasteiger charge is 2.38. The minimum atomic E-state index is -5.08. The van der Waals surface area contributed by atoms with Crippen molar-refractivity contribution in [3.05, 3.63) is 60.4 Å². The molecule has 3 aromatic heterocycles. The van der Waals surface area contributed by atoms with Gasteiger partial charge in [-0.2, -0.15) is 22.8 Å². The van der Waals surface area contributed by atoms with Gasteiger partial charge in [-0.15, -0.1) is 10.2 Å². The van der Waals surface area contributed by atoms with Crippen LogP contribution in [-0.4, -0.2) is 61.2 Å². The van der Waals surface area contributed by atoms with Gasteiger partial charge in [-0.25, -0.2) is 13.6 Å². The first kappa shape index (κ1) is 26.7. The minimum absolute atomic E-state index is 0.114. The van der Waals surface area contributed by atoms with Crippen molar-refractivity contribution in [2.75, 3.05) is 23.3 Å². The fourth-order valence-corrected chi connectivity index (χ4v) is 3.85. The van der Waals surface area contributed by atoms with Gasteiger partial charge in [0.05, 0.1) is 28.8 Å². The fraction of sp³-hybridized carbons (Fsp3) is 0.261. The number of benzene rings is 1. The molecule has 1 aliphatic heterocycles. The second-order valence-electron chi connectivity index (χ2n) is 8.28. The Bertz CT molecular complexity index is 1420. The third-order valence-electron chi connectivity index (χ3n) is 5.57. The van der Waals surface area contributed by atoms with Gasteiger partial charge >= 0.3 is 12.1 Å². The lowest BCUT2D eigenvalue weighted by atomic mass is 10.1. The second-order valence-corrected chi connectivity index (χ2v) is 8.28. The number of halogens is 5. The maximum absolute atomic E-state index is 14.2. The third-order valence-corrected chi connectivity index (χ3v) is 5.57. The quantitative estimate of drug-likeness (QED) is 0.333. The lowest BCUT2D eigenvalue weighted by Crippen LogP contribution is -2.43. The van der Waals surface area contributed by atoms with E-state index in [1.807, 2.05) is 6.07 Å². The van der Waals surface area contributed by atoms with Crippen LogP contribution in [0, 0.1) is 11.6 Å². The summed E-state index contributed by atoms with van der Waals surface area (Å²) in [6.07, 6.45) is 0.338. The summed E-state index contributed by atoms with van der Waals surface area (Å²) in [4.78, 5) is 15.3. The number of carboxylic acids is 1. The summed E-state index contributed by atoms with van der Waals surface area (Å²) in [5.41, 5.74) is 8.18. The van der Waals surface area contributed by atoms with Crippen LogP contribution in [0.4, 0.5) is 39.3 Å². The number of carbonyl (C=O) groups is 1. The van der Waals surface area contributed by atoms with Gasteiger partial charge in [0.1, 0.15) is 11.6 Å². The number of piperidine rings is 1. The van der Waals surface area contributed by atoms with Crippen LogP contribution in [-0.2, 0) is 4.79 Å². The molecule has 1 aliphatic rings. The summed E-state index contributed by atoms with van der Waals surface area (Å²) in [7, 11) is 0. The Hall–Kier alpha value is -4.40. The van der Waals surface area contributed by atoms with Crippen LogP contribution in [0.25, 0.3) is 16.9 Å². The molecule has 1 saturated heterocycles. The number of fused-ring (bicyclic) bond motifs is 1. The molecule has 200 valence electrons. The zero-order valence-corrected chi connectivity index (χ0v) is 19.5. The van der Waals surface area contributed by atoms with E-state index < -0.39 is 23.8 Å². The van der Waals surface area contributed by atoms with Gasteiger partial charge in [0.25, 0.3) is 5.95 Å². The highest BCUT2D eigenvalue weighted by atomic mass is 19.4. The van der Waals surface area contributed by atoms with E-state index in [2.05, 4.69) is 30.5 Å². The predicted molar refractivity (Wildman–Crippen MR) is 127 cm³/mol. The van der Waals surface area contributed by atoms with E-state index in [1.165, 1.54) is 28.8 Å². The lowest BCUT2D eigenvalue weighted by molar-refractivity contribution is -0.192. The Balaban J connectivity index is 0.000000426. The number of rotatable bonds is 4. The molecule has 0 aliphatic carbocycles. The molecule has 1 aromatic carbocycles. The van der Waals surface area contributed by atoms with Crippen LogP contribution in [0.1, 0.15) is 12.8 Å². The maximum atomic E-state index is 14.2. The van der Waals surface area contributed by atoms with Crippen LogP contribution in [0.2, 0.25) is 0 Å².